The largest absolute Gasteiger partial charge is 0.488 e. The molecule has 0 radical (unpaired) electrons. The molecule has 0 heterocycles. The SMILES string of the molecule is CC(N)C(Oc1ccc(C(N)=O)cc1)C(C)(C)C. The average Bonchev–Trinajstić information content (AvgIpc) is 2.24. The normalized spacial score (nSPS) is 14.9. The molecule has 1 rings (SSSR count). The topological polar surface area (TPSA) is 78.3 Å². The van der Waals surface area contributed by atoms with Gasteiger partial charge in [-0.2, -0.15) is 0 Å². The summed E-state index contributed by atoms with van der Waals surface area (Å²) in [4.78, 5) is 11.0. The molecule has 0 saturated carbocycles. The summed E-state index contributed by atoms with van der Waals surface area (Å²) in [5.74, 6) is 0.248. The van der Waals surface area contributed by atoms with E-state index in [-0.39, 0.29) is 17.6 Å². The molecular formula is C14H22N2O2. The highest BCUT2D eigenvalue weighted by Crippen LogP contribution is 2.26. The summed E-state index contributed by atoms with van der Waals surface area (Å²) in [7, 11) is 0. The van der Waals surface area contributed by atoms with Gasteiger partial charge in [-0.05, 0) is 31.2 Å². The van der Waals surface area contributed by atoms with Crippen LogP contribution >= 0.6 is 0 Å². The van der Waals surface area contributed by atoms with Gasteiger partial charge in [-0.1, -0.05) is 20.8 Å². The first-order valence-corrected chi connectivity index (χ1v) is 6.04. The summed E-state index contributed by atoms with van der Waals surface area (Å²) in [6.07, 6.45) is -0.100. The highest BCUT2D eigenvalue weighted by Gasteiger charge is 2.29. The molecule has 100 valence electrons. The van der Waals surface area contributed by atoms with Crippen LogP contribution in [0.15, 0.2) is 24.3 Å². The molecule has 2 atom stereocenters. The molecule has 0 bridgehead atoms. The van der Waals surface area contributed by atoms with Gasteiger partial charge in [0.25, 0.3) is 0 Å². The smallest absolute Gasteiger partial charge is 0.248 e. The van der Waals surface area contributed by atoms with Crippen LogP contribution in [0.25, 0.3) is 0 Å². The molecule has 0 fully saturated rings. The summed E-state index contributed by atoms with van der Waals surface area (Å²) in [6.45, 7) is 8.17. The van der Waals surface area contributed by atoms with Crippen LogP contribution in [0.4, 0.5) is 0 Å². The van der Waals surface area contributed by atoms with E-state index >= 15 is 0 Å². The molecular weight excluding hydrogens is 228 g/mol. The Bertz CT molecular complexity index is 405. The molecule has 1 aromatic rings. The Kier molecular flexibility index (Phi) is 4.35. The van der Waals surface area contributed by atoms with Gasteiger partial charge in [0.15, 0.2) is 0 Å². The predicted molar refractivity (Wildman–Crippen MR) is 72.5 cm³/mol. The molecule has 4 N–H and O–H groups in total. The summed E-state index contributed by atoms with van der Waals surface area (Å²) in [5.41, 5.74) is 11.5. The first kappa shape index (κ1) is 14.5. The minimum atomic E-state index is -0.443. The average molecular weight is 250 g/mol. The molecule has 0 aliphatic heterocycles. The minimum absolute atomic E-state index is 0.0590. The van der Waals surface area contributed by atoms with Crippen LogP contribution in [-0.4, -0.2) is 18.1 Å². The number of hydrogen-bond donors (Lipinski definition) is 2. The Morgan fingerprint density at radius 1 is 1.22 bits per heavy atom. The van der Waals surface area contributed by atoms with Gasteiger partial charge in [-0.3, -0.25) is 4.79 Å². The predicted octanol–water partition coefficient (Wildman–Crippen LogP) is 1.93. The Hall–Kier alpha value is -1.55. The summed E-state index contributed by atoms with van der Waals surface area (Å²) in [5, 5.41) is 0. The van der Waals surface area contributed by atoms with E-state index < -0.39 is 5.91 Å². The highest BCUT2D eigenvalue weighted by atomic mass is 16.5. The fourth-order valence-electron chi connectivity index (χ4n) is 1.92. The van der Waals surface area contributed by atoms with Crippen molar-refractivity contribution >= 4 is 5.91 Å². The van der Waals surface area contributed by atoms with E-state index in [0.29, 0.717) is 11.3 Å². The highest BCUT2D eigenvalue weighted by molar-refractivity contribution is 5.92. The second-order valence-corrected chi connectivity index (χ2v) is 5.65. The molecule has 0 aromatic heterocycles. The molecule has 18 heavy (non-hydrogen) atoms. The molecule has 2 unspecified atom stereocenters. The van der Waals surface area contributed by atoms with Crippen LogP contribution in [0.5, 0.6) is 5.75 Å². The quantitative estimate of drug-likeness (QED) is 0.857. The van der Waals surface area contributed by atoms with Crippen molar-refractivity contribution in [3.63, 3.8) is 0 Å². The number of ether oxygens (including phenoxy) is 1. The zero-order valence-corrected chi connectivity index (χ0v) is 11.4. The molecule has 4 heteroatoms. The first-order valence-electron chi connectivity index (χ1n) is 6.04. The lowest BCUT2D eigenvalue weighted by molar-refractivity contribution is 0.0684. The van der Waals surface area contributed by atoms with Gasteiger partial charge in [0.2, 0.25) is 5.91 Å². The summed E-state index contributed by atoms with van der Waals surface area (Å²) < 4.78 is 5.90. The number of nitrogens with two attached hydrogens (primary N) is 2. The maximum Gasteiger partial charge on any atom is 0.248 e. The fourth-order valence-corrected chi connectivity index (χ4v) is 1.92. The van der Waals surface area contributed by atoms with E-state index in [9.17, 15) is 4.79 Å². The van der Waals surface area contributed by atoms with Crippen molar-refractivity contribution < 1.29 is 9.53 Å². The third-order valence-electron chi connectivity index (χ3n) is 2.73. The lowest BCUT2D eigenvalue weighted by Crippen LogP contribution is -2.45. The van der Waals surface area contributed by atoms with E-state index in [2.05, 4.69) is 20.8 Å². The van der Waals surface area contributed by atoms with Gasteiger partial charge < -0.3 is 16.2 Å². The number of rotatable bonds is 4. The second kappa shape index (κ2) is 5.40. The number of carbonyl (C=O) groups excluding carboxylic acids is 1. The van der Waals surface area contributed by atoms with Gasteiger partial charge >= 0.3 is 0 Å². The maximum atomic E-state index is 11.0. The molecule has 0 saturated heterocycles. The summed E-state index contributed by atoms with van der Waals surface area (Å²) in [6, 6.07) is 6.69. The van der Waals surface area contributed by atoms with E-state index in [0.717, 1.165) is 0 Å². The molecule has 1 amide bonds. The van der Waals surface area contributed by atoms with Crippen molar-refractivity contribution in [2.24, 2.45) is 16.9 Å². The van der Waals surface area contributed by atoms with Crippen LogP contribution in [0.3, 0.4) is 0 Å². The Labute approximate surface area is 108 Å². The van der Waals surface area contributed by atoms with Crippen molar-refractivity contribution in [3.05, 3.63) is 29.8 Å². The number of benzene rings is 1. The molecule has 1 aromatic carbocycles. The fraction of sp³-hybridized carbons (Fsp3) is 0.500. The van der Waals surface area contributed by atoms with Gasteiger partial charge in [0.1, 0.15) is 11.9 Å². The second-order valence-electron chi connectivity index (χ2n) is 5.65. The number of primary amides is 1. The molecule has 4 nitrogen and oxygen atoms in total. The van der Waals surface area contributed by atoms with E-state index in [1.165, 1.54) is 0 Å². The zero-order chi connectivity index (χ0) is 13.9. The summed E-state index contributed by atoms with van der Waals surface area (Å²) >= 11 is 0. The Balaban J connectivity index is 2.85. The maximum absolute atomic E-state index is 11.0. The van der Waals surface area contributed by atoms with Crippen molar-refractivity contribution in [1.29, 1.82) is 0 Å². The molecule has 0 aliphatic rings. The van der Waals surface area contributed by atoms with E-state index in [1.807, 2.05) is 6.92 Å². The van der Waals surface area contributed by atoms with Crippen molar-refractivity contribution in [1.82, 2.24) is 0 Å². The first-order chi connectivity index (χ1) is 8.21. The van der Waals surface area contributed by atoms with E-state index in [1.54, 1.807) is 24.3 Å². The van der Waals surface area contributed by atoms with Crippen LogP contribution in [-0.2, 0) is 0 Å². The van der Waals surface area contributed by atoms with Crippen molar-refractivity contribution in [2.45, 2.75) is 39.8 Å². The van der Waals surface area contributed by atoms with E-state index in [4.69, 9.17) is 16.2 Å². The molecule has 0 aliphatic carbocycles. The van der Waals surface area contributed by atoms with Crippen LogP contribution in [0, 0.1) is 5.41 Å². The zero-order valence-electron chi connectivity index (χ0n) is 11.4. The monoisotopic (exact) mass is 250 g/mol. The third-order valence-corrected chi connectivity index (χ3v) is 2.73. The number of amides is 1. The minimum Gasteiger partial charge on any atom is -0.488 e. The van der Waals surface area contributed by atoms with Crippen molar-refractivity contribution in [2.75, 3.05) is 0 Å². The molecule has 0 spiro atoms. The Morgan fingerprint density at radius 2 is 1.72 bits per heavy atom. The van der Waals surface area contributed by atoms with Crippen LogP contribution in [0.2, 0.25) is 0 Å². The van der Waals surface area contributed by atoms with Gasteiger partial charge in [0, 0.05) is 17.0 Å². The third kappa shape index (κ3) is 3.74. The lowest BCUT2D eigenvalue weighted by atomic mass is 9.85. The van der Waals surface area contributed by atoms with Gasteiger partial charge in [-0.15, -0.1) is 0 Å². The Morgan fingerprint density at radius 3 is 2.06 bits per heavy atom. The van der Waals surface area contributed by atoms with Gasteiger partial charge in [-0.25, -0.2) is 0 Å². The number of hydrogen-bond acceptors (Lipinski definition) is 3. The van der Waals surface area contributed by atoms with Crippen LogP contribution < -0.4 is 16.2 Å². The van der Waals surface area contributed by atoms with Crippen molar-refractivity contribution in [3.8, 4) is 5.75 Å². The van der Waals surface area contributed by atoms with Gasteiger partial charge in [0.05, 0.1) is 0 Å². The number of carbonyl (C=O) groups is 1. The van der Waals surface area contributed by atoms with Crippen LogP contribution in [0.1, 0.15) is 38.1 Å². The lowest BCUT2D eigenvalue weighted by Gasteiger charge is -2.34. The standard InChI is InChI=1S/C14H22N2O2/c1-9(15)12(14(2,3)4)18-11-7-5-10(6-8-11)13(16)17/h5-9,12H,15H2,1-4H3,(H2,16,17).